The number of hydrogen-bond donors (Lipinski definition) is 1. The first-order chi connectivity index (χ1) is 16.3. The molecule has 34 heavy (non-hydrogen) atoms. The standard InChI is InChI=1S/C25H31N3O5S/c1-3-33-23-10-6-5-9-22(23)28-17-19(15-24(28)29)25(30)26-21-16-20(12-11-18(21)2)34(31,32)27-13-7-4-8-14-27/h5-6,9-12,16,19H,3-4,7-8,13-15,17H2,1-2H3,(H,26,30)/t19-/m0/s1. The van der Waals surface area contributed by atoms with Gasteiger partial charge in [-0.25, -0.2) is 8.42 Å². The van der Waals surface area contributed by atoms with Crippen LogP contribution in [0.1, 0.15) is 38.2 Å². The van der Waals surface area contributed by atoms with Crippen LogP contribution in [0.25, 0.3) is 0 Å². The van der Waals surface area contributed by atoms with Gasteiger partial charge in [0.25, 0.3) is 0 Å². The molecule has 0 radical (unpaired) electrons. The summed E-state index contributed by atoms with van der Waals surface area (Å²) in [6.45, 7) is 5.43. The summed E-state index contributed by atoms with van der Waals surface area (Å²) in [5.41, 5.74) is 1.85. The maximum atomic E-state index is 13.1. The lowest BCUT2D eigenvalue weighted by molar-refractivity contribution is -0.122. The molecule has 8 nitrogen and oxygen atoms in total. The Morgan fingerprint density at radius 3 is 2.59 bits per heavy atom. The van der Waals surface area contributed by atoms with Gasteiger partial charge in [0.15, 0.2) is 0 Å². The lowest BCUT2D eigenvalue weighted by Gasteiger charge is -2.26. The maximum absolute atomic E-state index is 13.1. The second kappa shape index (κ2) is 10.1. The molecule has 0 aliphatic carbocycles. The second-order valence-electron chi connectivity index (χ2n) is 8.74. The number of carbonyl (C=O) groups is 2. The van der Waals surface area contributed by atoms with E-state index in [1.165, 1.54) is 10.4 Å². The van der Waals surface area contributed by atoms with Gasteiger partial charge in [0, 0.05) is 31.7 Å². The predicted octanol–water partition coefficient (Wildman–Crippen LogP) is 3.56. The third-order valence-electron chi connectivity index (χ3n) is 6.37. The summed E-state index contributed by atoms with van der Waals surface area (Å²) in [5, 5.41) is 2.87. The first-order valence-electron chi connectivity index (χ1n) is 11.7. The highest BCUT2D eigenvalue weighted by Crippen LogP contribution is 2.34. The zero-order chi connectivity index (χ0) is 24.3. The van der Waals surface area contributed by atoms with Gasteiger partial charge < -0.3 is 15.0 Å². The molecule has 2 aliphatic heterocycles. The Balaban J connectivity index is 1.50. The van der Waals surface area contributed by atoms with Crippen LogP contribution in [0.5, 0.6) is 5.75 Å². The van der Waals surface area contributed by atoms with Crippen LogP contribution in [0.4, 0.5) is 11.4 Å². The van der Waals surface area contributed by atoms with E-state index in [2.05, 4.69) is 5.32 Å². The molecule has 2 amide bonds. The highest BCUT2D eigenvalue weighted by atomic mass is 32.2. The molecule has 0 saturated carbocycles. The van der Waals surface area contributed by atoms with Crippen LogP contribution < -0.4 is 15.0 Å². The van der Waals surface area contributed by atoms with E-state index in [9.17, 15) is 18.0 Å². The van der Waals surface area contributed by atoms with Gasteiger partial charge in [0.2, 0.25) is 21.8 Å². The normalized spacial score (nSPS) is 19.3. The Bertz CT molecular complexity index is 1170. The first kappa shape index (κ1) is 24.2. The van der Waals surface area contributed by atoms with Crippen LogP contribution >= 0.6 is 0 Å². The van der Waals surface area contributed by atoms with E-state index in [0.717, 1.165) is 24.8 Å². The van der Waals surface area contributed by atoms with Crippen LogP contribution in [-0.2, 0) is 19.6 Å². The molecule has 2 fully saturated rings. The van der Waals surface area contributed by atoms with E-state index in [4.69, 9.17) is 4.74 Å². The van der Waals surface area contributed by atoms with Gasteiger partial charge in [-0.3, -0.25) is 9.59 Å². The molecule has 1 N–H and O–H groups in total. The number of anilines is 2. The number of nitrogens with zero attached hydrogens (tertiary/aromatic N) is 2. The molecule has 0 spiro atoms. The van der Waals surface area contributed by atoms with Crippen molar-refractivity contribution in [3.05, 3.63) is 48.0 Å². The van der Waals surface area contributed by atoms with Gasteiger partial charge in [-0.1, -0.05) is 24.6 Å². The number of carbonyl (C=O) groups excluding carboxylic acids is 2. The molecule has 0 aromatic heterocycles. The van der Waals surface area contributed by atoms with Crippen molar-refractivity contribution in [1.82, 2.24) is 4.31 Å². The van der Waals surface area contributed by atoms with Gasteiger partial charge >= 0.3 is 0 Å². The van der Waals surface area contributed by atoms with Crippen molar-refractivity contribution in [3.63, 3.8) is 0 Å². The number of para-hydroxylation sites is 2. The molecule has 2 aromatic rings. The number of sulfonamides is 1. The summed E-state index contributed by atoms with van der Waals surface area (Å²) in [6.07, 6.45) is 2.82. The third kappa shape index (κ3) is 4.95. The maximum Gasteiger partial charge on any atom is 0.243 e. The molecule has 2 heterocycles. The van der Waals surface area contributed by atoms with Crippen molar-refractivity contribution >= 4 is 33.2 Å². The van der Waals surface area contributed by atoms with Gasteiger partial charge in [-0.2, -0.15) is 4.31 Å². The van der Waals surface area contributed by atoms with Crippen molar-refractivity contribution < 1.29 is 22.7 Å². The molecule has 2 saturated heterocycles. The number of nitrogens with one attached hydrogen (secondary N) is 1. The Morgan fingerprint density at radius 1 is 1.12 bits per heavy atom. The molecule has 4 rings (SSSR count). The van der Waals surface area contributed by atoms with E-state index >= 15 is 0 Å². The van der Waals surface area contributed by atoms with Crippen LogP contribution in [0.3, 0.4) is 0 Å². The van der Waals surface area contributed by atoms with Crippen molar-refractivity contribution in [2.24, 2.45) is 5.92 Å². The summed E-state index contributed by atoms with van der Waals surface area (Å²) >= 11 is 0. The minimum absolute atomic E-state index is 0.0805. The Morgan fingerprint density at radius 2 is 1.85 bits per heavy atom. The number of rotatable bonds is 7. The molecule has 2 aromatic carbocycles. The van der Waals surface area contributed by atoms with Gasteiger partial charge in [0.05, 0.1) is 23.1 Å². The summed E-state index contributed by atoms with van der Waals surface area (Å²) in [6, 6.07) is 12.1. The average Bonchev–Trinajstić information content (AvgIpc) is 3.23. The van der Waals surface area contributed by atoms with Crippen molar-refractivity contribution in [1.29, 1.82) is 0 Å². The van der Waals surface area contributed by atoms with E-state index in [1.54, 1.807) is 23.1 Å². The highest BCUT2D eigenvalue weighted by molar-refractivity contribution is 7.89. The average molecular weight is 486 g/mol. The van der Waals surface area contributed by atoms with Gasteiger partial charge in [-0.05, 0) is 56.5 Å². The van der Waals surface area contributed by atoms with Crippen LogP contribution in [0.15, 0.2) is 47.4 Å². The highest BCUT2D eigenvalue weighted by Gasteiger charge is 2.36. The van der Waals surface area contributed by atoms with Crippen molar-refractivity contribution in [2.45, 2.75) is 44.4 Å². The minimum Gasteiger partial charge on any atom is -0.492 e. The summed E-state index contributed by atoms with van der Waals surface area (Å²) in [7, 11) is -3.61. The minimum atomic E-state index is -3.61. The second-order valence-corrected chi connectivity index (χ2v) is 10.7. The molecule has 0 unspecified atom stereocenters. The fraction of sp³-hybridized carbons (Fsp3) is 0.440. The van der Waals surface area contributed by atoms with E-state index < -0.39 is 15.9 Å². The fourth-order valence-corrected chi connectivity index (χ4v) is 6.00. The molecule has 0 bridgehead atoms. The SMILES string of the molecule is CCOc1ccccc1N1C[C@@H](C(=O)Nc2cc(S(=O)(=O)N3CCCCC3)ccc2C)CC1=O. The number of hydrogen-bond acceptors (Lipinski definition) is 5. The molecule has 182 valence electrons. The summed E-state index contributed by atoms with van der Waals surface area (Å²) < 4.78 is 33.3. The fourth-order valence-electron chi connectivity index (χ4n) is 4.46. The molecule has 9 heteroatoms. The Kier molecular flexibility index (Phi) is 7.23. The van der Waals surface area contributed by atoms with E-state index in [0.29, 0.717) is 36.8 Å². The zero-order valence-electron chi connectivity index (χ0n) is 19.6. The topological polar surface area (TPSA) is 96.0 Å². The number of aryl methyl sites for hydroxylation is 1. The molecular weight excluding hydrogens is 454 g/mol. The first-order valence-corrected chi connectivity index (χ1v) is 13.2. The largest absolute Gasteiger partial charge is 0.492 e. The number of amides is 2. The van der Waals surface area contributed by atoms with Crippen molar-refractivity contribution in [2.75, 3.05) is 36.5 Å². The molecule has 1 atom stereocenters. The smallest absolute Gasteiger partial charge is 0.243 e. The van der Waals surface area contributed by atoms with Crippen LogP contribution in [0.2, 0.25) is 0 Å². The van der Waals surface area contributed by atoms with E-state index in [1.807, 2.05) is 32.0 Å². The van der Waals surface area contributed by atoms with Crippen LogP contribution in [-0.4, -0.2) is 50.8 Å². The molecule has 2 aliphatic rings. The Labute approximate surface area is 200 Å². The monoisotopic (exact) mass is 485 g/mol. The van der Waals surface area contributed by atoms with Gasteiger partial charge in [0.1, 0.15) is 5.75 Å². The van der Waals surface area contributed by atoms with E-state index in [-0.39, 0.29) is 29.7 Å². The summed E-state index contributed by atoms with van der Waals surface area (Å²) in [5.74, 6) is -0.402. The lowest BCUT2D eigenvalue weighted by Crippen LogP contribution is -2.35. The zero-order valence-corrected chi connectivity index (χ0v) is 20.4. The number of ether oxygens (including phenoxy) is 1. The lowest BCUT2D eigenvalue weighted by atomic mass is 10.1. The number of piperidine rings is 1. The van der Waals surface area contributed by atoms with Gasteiger partial charge in [-0.15, -0.1) is 0 Å². The third-order valence-corrected chi connectivity index (χ3v) is 8.27. The predicted molar refractivity (Wildman–Crippen MR) is 130 cm³/mol. The van der Waals surface area contributed by atoms with Crippen molar-refractivity contribution in [3.8, 4) is 5.75 Å². The quantitative estimate of drug-likeness (QED) is 0.647. The summed E-state index contributed by atoms with van der Waals surface area (Å²) in [4.78, 5) is 27.6. The molecular formula is C25H31N3O5S. The Hall–Kier alpha value is -2.91. The number of benzene rings is 2. The van der Waals surface area contributed by atoms with Crippen LogP contribution in [0, 0.1) is 12.8 Å².